The molecule has 1 aromatic rings. The standard InChI is InChI=1S/C11H12N2O6/c1-5(14)7(15)2-3-8(16)9-12-4-6(11(18)19)10(17)13-9/h4,7,15H,2-3H2,1H3,(H,18,19)(H,12,13,17)/t7-/m1/s1. The first kappa shape index (κ1) is 14.7. The second kappa shape index (κ2) is 6.01. The Labute approximate surface area is 107 Å². The zero-order valence-electron chi connectivity index (χ0n) is 10.0. The zero-order valence-corrected chi connectivity index (χ0v) is 10.0. The molecule has 0 radical (unpaired) electrons. The number of ketones is 2. The molecule has 1 aromatic heterocycles. The van der Waals surface area contributed by atoms with E-state index in [1.807, 2.05) is 4.98 Å². The molecule has 102 valence electrons. The number of rotatable bonds is 6. The van der Waals surface area contributed by atoms with Crippen LogP contribution in [-0.4, -0.2) is 43.8 Å². The van der Waals surface area contributed by atoms with E-state index in [0.29, 0.717) is 0 Å². The van der Waals surface area contributed by atoms with E-state index in [9.17, 15) is 24.3 Å². The third-order valence-electron chi connectivity index (χ3n) is 2.41. The van der Waals surface area contributed by atoms with Crippen molar-refractivity contribution in [3.05, 3.63) is 27.9 Å². The quantitative estimate of drug-likeness (QED) is 0.584. The molecule has 0 aliphatic rings. The third-order valence-corrected chi connectivity index (χ3v) is 2.41. The second-order valence-corrected chi connectivity index (χ2v) is 3.87. The van der Waals surface area contributed by atoms with Gasteiger partial charge in [-0.1, -0.05) is 0 Å². The molecule has 1 rings (SSSR count). The number of aromatic carboxylic acids is 1. The molecule has 0 unspecified atom stereocenters. The number of nitrogens with zero attached hydrogens (tertiary/aromatic N) is 1. The molecule has 0 saturated carbocycles. The minimum atomic E-state index is -1.44. The van der Waals surface area contributed by atoms with E-state index in [0.717, 1.165) is 6.20 Å². The molecule has 0 spiro atoms. The monoisotopic (exact) mass is 268 g/mol. The van der Waals surface area contributed by atoms with Crippen LogP contribution in [0.2, 0.25) is 0 Å². The lowest BCUT2D eigenvalue weighted by atomic mass is 10.1. The lowest BCUT2D eigenvalue weighted by Crippen LogP contribution is -2.23. The Morgan fingerprint density at radius 1 is 1.42 bits per heavy atom. The molecule has 0 aliphatic heterocycles. The van der Waals surface area contributed by atoms with Crippen LogP contribution in [0.15, 0.2) is 11.0 Å². The topological polar surface area (TPSA) is 137 Å². The normalized spacial score (nSPS) is 11.9. The van der Waals surface area contributed by atoms with Gasteiger partial charge in [0.05, 0.1) is 0 Å². The lowest BCUT2D eigenvalue weighted by Gasteiger charge is -2.05. The van der Waals surface area contributed by atoms with E-state index in [4.69, 9.17) is 5.11 Å². The highest BCUT2D eigenvalue weighted by Gasteiger charge is 2.17. The molecular weight excluding hydrogens is 256 g/mol. The summed E-state index contributed by atoms with van der Waals surface area (Å²) >= 11 is 0. The van der Waals surface area contributed by atoms with Gasteiger partial charge in [0.15, 0.2) is 17.4 Å². The van der Waals surface area contributed by atoms with Gasteiger partial charge in [0.2, 0.25) is 0 Å². The number of aliphatic hydroxyl groups excluding tert-OH is 1. The minimum absolute atomic E-state index is 0.0848. The summed E-state index contributed by atoms with van der Waals surface area (Å²) in [6, 6.07) is 0. The van der Waals surface area contributed by atoms with Gasteiger partial charge >= 0.3 is 5.97 Å². The van der Waals surface area contributed by atoms with Gasteiger partial charge in [-0.25, -0.2) is 9.78 Å². The van der Waals surface area contributed by atoms with Crippen LogP contribution in [0.4, 0.5) is 0 Å². The fraction of sp³-hybridized carbons (Fsp3) is 0.364. The highest BCUT2D eigenvalue weighted by molar-refractivity contribution is 5.93. The van der Waals surface area contributed by atoms with Crippen LogP contribution < -0.4 is 5.56 Å². The van der Waals surface area contributed by atoms with Crippen LogP contribution in [-0.2, 0) is 4.79 Å². The average molecular weight is 268 g/mol. The van der Waals surface area contributed by atoms with Crippen LogP contribution in [0, 0.1) is 0 Å². The van der Waals surface area contributed by atoms with Gasteiger partial charge in [-0.05, 0) is 13.3 Å². The van der Waals surface area contributed by atoms with Gasteiger partial charge in [-0.3, -0.25) is 14.4 Å². The summed E-state index contributed by atoms with van der Waals surface area (Å²) in [5.41, 5.74) is -1.50. The lowest BCUT2D eigenvalue weighted by molar-refractivity contribution is -0.125. The largest absolute Gasteiger partial charge is 0.477 e. The number of nitrogens with one attached hydrogen (secondary N) is 1. The third kappa shape index (κ3) is 3.81. The molecule has 1 atom stereocenters. The van der Waals surface area contributed by atoms with Gasteiger partial charge in [0.25, 0.3) is 5.56 Å². The zero-order chi connectivity index (χ0) is 14.6. The van der Waals surface area contributed by atoms with E-state index in [-0.39, 0.29) is 18.7 Å². The molecule has 3 N–H and O–H groups in total. The Bertz CT molecular complexity index is 577. The van der Waals surface area contributed by atoms with E-state index in [1.54, 1.807) is 0 Å². The van der Waals surface area contributed by atoms with Crippen molar-refractivity contribution >= 4 is 17.5 Å². The van der Waals surface area contributed by atoms with Crippen molar-refractivity contribution in [2.45, 2.75) is 25.9 Å². The molecule has 0 aromatic carbocycles. The first-order valence-electron chi connectivity index (χ1n) is 5.37. The Hall–Kier alpha value is -2.35. The van der Waals surface area contributed by atoms with Crippen LogP contribution in [0.1, 0.15) is 40.7 Å². The number of aromatic amines is 1. The van der Waals surface area contributed by atoms with E-state index in [2.05, 4.69) is 4.98 Å². The van der Waals surface area contributed by atoms with Crippen molar-refractivity contribution < 1.29 is 24.6 Å². The van der Waals surface area contributed by atoms with Crippen molar-refractivity contribution in [1.29, 1.82) is 0 Å². The highest BCUT2D eigenvalue weighted by Crippen LogP contribution is 2.03. The van der Waals surface area contributed by atoms with Crippen molar-refractivity contribution in [3.63, 3.8) is 0 Å². The number of hydrogen-bond donors (Lipinski definition) is 3. The number of carbonyl (C=O) groups is 3. The van der Waals surface area contributed by atoms with Crippen molar-refractivity contribution in [1.82, 2.24) is 9.97 Å². The Morgan fingerprint density at radius 2 is 2.05 bits per heavy atom. The fourth-order valence-corrected chi connectivity index (χ4v) is 1.28. The van der Waals surface area contributed by atoms with E-state index in [1.165, 1.54) is 6.92 Å². The molecule has 0 aliphatic carbocycles. The van der Waals surface area contributed by atoms with Crippen LogP contribution >= 0.6 is 0 Å². The molecule has 0 saturated heterocycles. The van der Waals surface area contributed by atoms with Crippen molar-refractivity contribution in [2.24, 2.45) is 0 Å². The van der Waals surface area contributed by atoms with Gasteiger partial charge in [-0.15, -0.1) is 0 Å². The van der Waals surface area contributed by atoms with Gasteiger partial charge in [0.1, 0.15) is 11.7 Å². The summed E-state index contributed by atoms with van der Waals surface area (Å²) in [4.78, 5) is 49.8. The maximum absolute atomic E-state index is 11.6. The van der Waals surface area contributed by atoms with Crippen molar-refractivity contribution in [3.8, 4) is 0 Å². The molecule has 8 nitrogen and oxygen atoms in total. The molecule has 0 fully saturated rings. The molecular formula is C11H12N2O6. The Balaban J connectivity index is 2.79. The SMILES string of the molecule is CC(=O)[C@H](O)CCC(=O)c1ncc(C(=O)O)c(=O)[nH]1. The molecule has 1 heterocycles. The summed E-state index contributed by atoms with van der Waals surface area (Å²) in [6.45, 7) is 1.19. The Morgan fingerprint density at radius 3 is 2.53 bits per heavy atom. The number of H-pyrrole nitrogens is 1. The number of aromatic nitrogens is 2. The number of hydrogen-bond acceptors (Lipinski definition) is 6. The first-order valence-corrected chi connectivity index (χ1v) is 5.37. The summed E-state index contributed by atoms with van der Waals surface area (Å²) < 4.78 is 0. The average Bonchev–Trinajstić information content (AvgIpc) is 2.34. The maximum Gasteiger partial charge on any atom is 0.342 e. The number of Topliss-reactive ketones (excluding diaryl/α,β-unsaturated/α-hetero) is 2. The van der Waals surface area contributed by atoms with E-state index >= 15 is 0 Å². The number of aliphatic hydroxyl groups is 1. The maximum atomic E-state index is 11.6. The summed E-state index contributed by atoms with van der Waals surface area (Å²) in [5.74, 6) is -2.80. The van der Waals surface area contributed by atoms with Crippen molar-refractivity contribution in [2.75, 3.05) is 0 Å². The minimum Gasteiger partial charge on any atom is -0.477 e. The molecule has 8 heteroatoms. The van der Waals surface area contributed by atoms with Crippen LogP contribution in [0.25, 0.3) is 0 Å². The summed E-state index contributed by atoms with van der Waals surface area (Å²) in [5, 5.41) is 17.8. The summed E-state index contributed by atoms with van der Waals surface area (Å²) in [6.07, 6.45) is -0.723. The predicted molar refractivity (Wildman–Crippen MR) is 62.1 cm³/mol. The molecule has 19 heavy (non-hydrogen) atoms. The first-order chi connectivity index (χ1) is 8.82. The number of carbonyl (C=O) groups excluding carboxylic acids is 2. The van der Waals surface area contributed by atoms with Crippen LogP contribution in [0.5, 0.6) is 0 Å². The van der Waals surface area contributed by atoms with Crippen LogP contribution in [0.3, 0.4) is 0 Å². The van der Waals surface area contributed by atoms with Gasteiger partial charge < -0.3 is 15.2 Å². The van der Waals surface area contributed by atoms with Gasteiger partial charge in [-0.2, -0.15) is 0 Å². The smallest absolute Gasteiger partial charge is 0.342 e. The number of carboxylic acid groups (broad SMARTS) is 1. The van der Waals surface area contributed by atoms with Gasteiger partial charge in [0, 0.05) is 12.6 Å². The second-order valence-electron chi connectivity index (χ2n) is 3.87. The Kier molecular flexibility index (Phi) is 4.65. The van der Waals surface area contributed by atoms with E-state index < -0.39 is 34.8 Å². The summed E-state index contributed by atoms with van der Waals surface area (Å²) in [7, 11) is 0. The highest BCUT2D eigenvalue weighted by atomic mass is 16.4. The molecule has 0 bridgehead atoms. The number of carboxylic acids is 1. The fourth-order valence-electron chi connectivity index (χ4n) is 1.28. The predicted octanol–water partition coefficient (Wildman–Crippen LogP) is -0.619. The molecule has 0 amide bonds.